The van der Waals surface area contributed by atoms with Crippen molar-refractivity contribution in [3.63, 3.8) is 0 Å². The first kappa shape index (κ1) is 13.9. The average Bonchev–Trinajstić information content (AvgIpc) is 2.82. The minimum atomic E-state index is -0.251. The molecule has 1 heterocycles. The van der Waals surface area contributed by atoms with Crippen molar-refractivity contribution in [2.45, 2.75) is 25.9 Å². The van der Waals surface area contributed by atoms with Crippen molar-refractivity contribution in [3.05, 3.63) is 47.0 Å². The molecule has 5 nitrogen and oxygen atoms in total. The van der Waals surface area contributed by atoms with Gasteiger partial charge in [0, 0.05) is 35.2 Å². The fraction of sp³-hybridized carbons (Fsp3) is 0.308. The molecule has 0 amide bonds. The van der Waals surface area contributed by atoms with E-state index in [0.29, 0.717) is 10.7 Å². The number of hydrazine groups is 1. The molecule has 6 heteroatoms. The zero-order chi connectivity index (χ0) is 13.8. The molecule has 0 bridgehead atoms. The number of nitrogen functional groups attached to an aromatic ring is 1. The lowest BCUT2D eigenvalue weighted by molar-refractivity contribution is 0.546. The molecule has 0 aliphatic carbocycles. The number of benzene rings is 1. The number of aromatic nitrogens is 2. The molecular weight excluding hydrogens is 262 g/mol. The number of halogens is 1. The number of rotatable bonds is 5. The summed E-state index contributed by atoms with van der Waals surface area (Å²) in [5, 5.41) is 0.605. The molecule has 1 aromatic carbocycles. The summed E-state index contributed by atoms with van der Waals surface area (Å²) in [6.07, 6.45) is 4.73. The second kappa shape index (κ2) is 6.06. The molecular formula is C13H18ClN5. The SMILES string of the molecule is CCCn1ccnc1C(NN)c1ccc(Cl)cc1N. The predicted octanol–water partition coefficient (Wildman–Crippen LogP) is 2.08. The Morgan fingerprint density at radius 2 is 2.26 bits per heavy atom. The van der Waals surface area contributed by atoms with Gasteiger partial charge in [-0.05, 0) is 18.6 Å². The third-order valence-corrected chi connectivity index (χ3v) is 3.23. The van der Waals surface area contributed by atoms with Gasteiger partial charge in [-0.1, -0.05) is 24.6 Å². The van der Waals surface area contributed by atoms with Gasteiger partial charge in [0.1, 0.15) is 11.9 Å². The fourth-order valence-electron chi connectivity index (χ4n) is 2.12. The Hall–Kier alpha value is -1.56. The highest BCUT2D eigenvalue weighted by Gasteiger charge is 2.19. The summed E-state index contributed by atoms with van der Waals surface area (Å²) in [6.45, 7) is 3.01. The first-order chi connectivity index (χ1) is 9.17. The Morgan fingerprint density at radius 1 is 1.47 bits per heavy atom. The van der Waals surface area contributed by atoms with E-state index in [2.05, 4.69) is 21.9 Å². The van der Waals surface area contributed by atoms with Gasteiger partial charge in [-0.25, -0.2) is 10.4 Å². The molecule has 2 aromatic rings. The fourth-order valence-corrected chi connectivity index (χ4v) is 2.30. The maximum absolute atomic E-state index is 6.01. The standard InChI is InChI=1S/C13H18ClN5/c1-2-6-19-7-5-17-13(19)12(18-16)10-4-3-9(14)8-11(10)15/h3-5,7-8,12,18H,2,6,15-16H2,1H3. The summed E-state index contributed by atoms with van der Waals surface area (Å²) in [4.78, 5) is 4.38. The van der Waals surface area contributed by atoms with Crippen LogP contribution in [0.4, 0.5) is 5.69 Å². The van der Waals surface area contributed by atoms with Crippen LogP contribution in [0.25, 0.3) is 0 Å². The Kier molecular flexibility index (Phi) is 4.42. The number of nitrogens with two attached hydrogens (primary N) is 2. The highest BCUT2D eigenvalue weighted by Crippen LogP contribution is 2.27. The van der Waals surface area contributed by atoms with Crippen LogP contribution < -0.4 is 17.0 Å². The van der Waals surface area contributed by atoms with Gasteiger partial charge in [0.2, 0.25) is 0 Å². The summed E-state index contributed by atoms with van der Waals surface area (Å²) in [5.74, 6) is 6.52. The van der Waals surface area contributed by atoms with E-state index in [4.69, 9.17) is 23.2 Å². The van der Waals surface area contributed by atoms with Gasteiger partial charge < -0.3 is 10.3 Å². The lowest BCUT2D eigenvalue weighted by atomic mass is 10.0. The van der Waals surface area contributed by atoms with E-state index < -0.39 is 0 Å². The van der Waals surface area contributed by atoms with Gasteiger partial charge in [-0.2, -0.15) is 0 Å². The lowest BCUT2D eigenvalue weighted by Crippen LogP contribution is -2.31. The Labute approximate surface area is 117 Å². The summed E-state index contributed by atoms with van der Waals surface area (Å²) in [6, 6.07) is 5.13. The number of anilines is 1. The molecule has 0 fully saturated rings. The van der Waals surface area contributed by atoms with Gasteiger partial charge in [0.15, 0.2) is 0 Å². The van der Waals surface area contributed by atoms with Crippen LogP contribution >= 0.6 is 11.6 Å². The number of nitrogens with one attached hydrogen (secondary N) is 1. The van der Waals surface area contributed by atoms with Crippen molar-refractivity contribution in [2.24, 2.45) is 5.84 Å². The van der Waals surface area contributed by atoms with Crippen molar-refractivity contribution in [3.8, 4) is 0 Å². The summed E-state index contributed by atoms with van der Waals surface area (Å²) >= 11 is 5.92. The van der Waals surface area contributed by atoms with E-state index in [1.165, 1.54) is 0 Å². The van der Waals surface area contributed by atoms with E-state index in [0.717, 1.165) is 24.4 Å². The molecule has 0 spiro atoms. The zero-order valence-corrected chi connectivity index (χ0v) is 11.6. The van der Waals surface area contributed by atoms with Crippen molar-refractivity contribution >= 4 is 17.3 Å². The van der Waals surface area contributed by atoms with Gasteiger partial charge in [0.25, 0.3) is 0 Å². The van der Waals surface area contributed by atoms with Crippen LogP contribution in [-0.2, 0) is 6.54 Å². The number of hydrogen-bond donors (Lipinski definition) is 3. The lowest BCUT2D eigenvalue weighted by Gasteiger charge is -2.19. The van der Waals surface area contributed by atoms with E-state index >= 15 is 0 Å². The Balaban J connectivity index is 2.41. The Bertz CT molecular complexity index is 552. The third kappa shape index (κ3) is 2.89. The van der Waals surface area contributed by atoms with Crippen molar-refractivity contribution in [1.29, 1.82) is 0 Å². The molecule has 0 saturated heterocycles. The molecule has 19 heavy (non-hydrogen) atoms. The maximum atomic E-state index is 6.01. The van der Waals surface area contributed by atoms with Gasteiger partial charge in [0.05, 0.1) is 0 Å². The predicted molar refractivity (Wildman–Crippen MR) is 77.5 cm³/mol. The number of aryl methyl sites for hydroxylation is 1. The second-order valence-electron chi connectivity index (χ2n) is 4.35. The number of hydrogen-bond acceptors (Lipinski definition) is 4. The van der Waals surface area contributed by atoms with E-state index in [1.54, 1.807) is 18.3 Å². The summed E-state index contributed by atoms with van der Waals surface area (Å²) in [5.41, 5.74) is 10.3. The smallest absolute Gasteiger partial charge is 0.131 e. The molecule has 0 aliphatic rings. The topological polar surface area (TPSA) is 81.9 Å². The minimum Gasteiger partial charge on any atom is -0.398 e. The highest BCUT2D eigenvalue weighted by molar-refractivity contribution is 6.30. The number of imidazole rings is 1. The van der Waals surface area contributed by atoms with Gasteiger partial charge in [-0.15, -0.1) is 0 Å². The van der Waals surface area contributed by atoms with E-state index in [-0.39, 0.29) is 6.04 Å². The molecule has 5 N–H and O–H groups in total. The van der Waals surface area contributed by atoms with Crippen LogP contribution in [0.3, 0.4) is 0 Å². The minimum absolute atomic E-state index is 0.251. The molecule has 0 saturated carbocycles. The largest absolute Gasteiger partial charge is 0.398 e. The van der Waals surface area contributed by atoms with E-state index in [9.17, 15) is 0 Å². The Morgan fingerprint density at radius 3 is 2.89 bits per heavy atom. The molecule has 0 aliphatic heterocycles. The quantitative estimate of drug-likeness (QED) is 0.445. The highest BCUT2D eigenvalue weighted by atomic mass is 35.5. The first-order valence-corrected chi connectivity index (χ1v) is 6.57. The molecule has 2 rings (SSSR count). The molecule has 0 radical (unpaired) electrons. The molecule has 1 unspecified atom stereocenters. The van der Waals surface area contributed by atoms with Crippen LogP contribution in [0.1, 0.15) is 30.8 Å². The summed E-state index contributed by atoms with van der Waals surface area (Å²) in [7, 11) is 0. The van der Waals surface area contributed by atoms with Crippen molar-refractivity contribution in [1.82, 2.24) is 15.0 Å². The normalized spacial score (nSPS) is 12.6. The number of nitrogens with zero attached hydrogens (tertiary/aromatic N) is 2. The van der Waals surface area contributed by atoms with E-state index in [1.807, 2.05) is 12.3 Å². The average molecular weight is 280 g/mol. The molecule has 1 aromatic heterocycles. The molecule has 1 atom stereocenters. The van der Waals surface area contributed by atoms with Crippen LogP contribution in [0, 0.1) is 0 Å². The van der Waals surface area contributed by atoms with Crippen LogP contribution in [0.2, 0.25) is 5.02 Å². The van der Waals surface area contributed by atoms with Crippen LogP contribution in [0.15, 0.2) is 30.6 Å². The van der Waals surface area contributed by atoms with Crippen molar-refractivity contribution in [2.75, 3.05) is 5.73 Å². The summed E-state index contributed by atoms with van der Waals surface area (Å²) < 4.78 is 2.07. The monoisotopic (exact) mass is 279 g/mol. The van der Waals surface area contributed by atoms with Gasteiger partial charge in [-0.3, -0.25) is 5.84 Å². The molecule has 102 valence electrons. The van der Waals surface area contributed by atoms with Crippen LogP contribution in [0.5, 0.6) is 0 Å². The van der Waals surface area contributed by atoms with Crippen LogP contribution in [-0.4, -0.2) is 9.55 Å². The van der Waals surface area contributed by atoms with Crippen molar-refractivity contribution < 1.29 is 0 Å². The maximum Gasteiger partial charge on any atom is 0.131 e. The zero-order valence-electron chi connectivity index (χ0n) is 10.8. The second-order valence-corrected chi connectivity index (χ2v) is 4.79. The first-order valence-electron chi connectivity index (χ1n) is 6.19. The third-order valence-electron chi connectivity index (χ3n) is 3.00. The van der Waals surface area contributed by atoms with Gasteiger partial charge >= 0.3 is 0 Å².